The highest BCUT2D eigenvalue weighted by atomic mass is 32.1. The van der Waals surface area contributed by atoms with E-state index in [4.69, 9.17) is 0 Å². The number of nitrogens with zero attached hydrogens (tertiary/aromatic N) is 1. The molecule has 2 fully saturated rings. The number of nitrogens with one attached hydrogen (secondary N) is 2. The topological polar surface area (TPSA) is 44.4 Å². The van der Waals surface area contributed by atoms with Crippen molar-refractivity contribution < 1.29 is 4.79 Å². The van der Waals surface area contributed by atoms with Crippen LogP contribution in [0.3, 0.4) is 0 Å². The van der Waals surface area contributed by atoms with Crippen LogP contribution in [-0.2, 0) is 0 Å². The minimum atomic E-state index is 0.195. The van der Waals surface area contributed by atoms with Gasteiger partial charge in [-0.25, -0.2) is 0 Å². The van der Waals surface area contributed by atoms with Crippen molar-refractivity contribution >= 4 is 17.2 Å². The number of carbonyl (C=O) groups excluding carboxylic acids is 1. The maximum atomic E-state index is 12.5. The van der Waals surface area contributed by atoms with E-state index in [9.17, 15) is 4.79 Å². The molecule has 4 nitrogen and oxygen atoms in total. The number of carbonyl (C=O) groups is 1. The summed E-state index contributed by atoms with van der Waals surface area (Å²) in [5.74, 6) is 1.31. The molecule has 3 heterocycles. The molecular formula is C19H23N3OS. The lowest BCUT2D eigenvalue weighted by molar-refractivity contribution is 0.0675. The molecule has 0 aliphatic carbocycles. The third-order valence-corrected chi connectivity index (χ3v) is 6.18. The standard InChI is InChI=1S/C19H23N3OS/c23-19(17-7-4-12-24-17)22-10-8-15(9-11-22)18-16(13-20-21-18)14-5-2-1-3-6-14/h1-7,12,15-16,18,20-21H,8-11,13H2. The molecule has 2 aliphatic heterocycles. The zero-order valence-corrected chi connectivity index (χ0v) is 14.5. The Kier molecular flexibility index (Phi) is 4.65. The largest absolute Gasteiger partial charge is 0.338 e. The second-order valence-electron chi connectivity index (χ2n) is 6.68. The fourth-order valence-electron chi connectivity index (χ4n) is 4.00. The van der Waals surface area contributed by atoms with Crippen LogP contribution in [0.2, 0.25) is 0 Å². The van der Waals surface area contributed by atoms with Gasteiger partial charge in [0.05, 0.1) is 4.88 Å². The van der Waals surface area contributed by atoms with E-state index in [1.165, 1.54) is 16.9 Å². The number of hydrazine groups is 1. The zero-order valence-electron chi connectivity index (χ0n) is 13.7. The normalized spacial score (nSPS) is 25.1. The smallest absolute Gasteiger partial charge is 0.263 e. The van der Waals surface area contributed by atoms with Gasteiger partial charge < -0.3 is 4.90 Å². The van der Waals surface area contributed by atoms with E-state index in [0.717, 1.165) is 37.4 Å². The molecule has 0 spiro atoms. The highest BCUT2D eigenvalue weighted by Gasteiger charge is 2.36. The lowest BCUT2D eigenvalue weighted by atomic mass is 9.80. The molecule has 4 rings (SSSR count). The number of amides is 1. The van der Waals surface area contributed by atoms with Crippen LogP contribution in [0, 0.1) is 5.92 Å². The summed E-state index contributed by atoms with van der Waals surface area (Å²) in [6.45, 7) is 2.70. The maximum Gasteiger partial charge on any atom is 0.263 e. The minimum Gasteiger partial charge on any atom is -0.338 e. The number of thiophene rings is 1. The second kappa shape index (κ2) is 7.05. The van der Waals surface area contributed by atoms with Gasteiger partial charge in [0.15, 0.2) is 0 Å². The van der Waals surface area contributed by atoms with Crippen molar-refractivity contribution in [2.75, 3.05) is 19.6 Å². The molecule has 0 radical (unpaired) electrons. The van der Waals surface area contributed by atoms with Crippen LogP contribution in [0.4, 0.5) is 0 Å². The van der Waals surface area contributed by atoms with Crippen molar-refractivity contribution in [2.24, 2.45) is 5.92 Å². The maximum absolute atomic E-state index is 12.5. The fraction of sp³-hybridized carbons (Fsp3) is 0.421. The van der Waals surface area contributed by atoms with E-state index >= 15 is 0 Å². The Morgan fingerprint density at radius 3 is 2.58 bits per heavy atom. The molecule has 2 aliphatic rings. The lowest BCUT2D eigenvalue weighted by Crippen LogP contribution is -2.45. The van der Waals surface area contributed by atoms with E-state index in [2.05, 4.69) is 41.2 Å². The first kappa shape index (κ1) is 15.8. The summed E-state index contributed by atoms with van der Waals surface area (Å²) in [5, 5.41) is 1.97. The van der Waals surface area contributed by atoms with Crippen molar-refractivity contribution in [1.29, 1.82) is 0 Å². The van der Waals surface area contributed by atoms with Gasteiger partial charge in [-0.1, -0.05) is 36.4 Å². The SMILES string of the molecule is O=C(c1cccs1)N1CCC(C2NNCC2c2ccccc2)CC1. The minimum absolute atomic E-state index is 0.195. The summed E-state index contributed by atoms with van der Waals surface area (Å²) in [7, 11) is 0. The van der Waals surface area contributed by atoms with Gasteiger partial charge in [0.25, 0.3) is 5.91 Å². The van der Waals surface area contributed by atoms with Crippen molar-refractivity contribution in [2.45, 2.75) is 24.8 Å². The summed E-state index contributed by atoms with van der Waals surface area (Å²) in [6.07, 6.45) is 2.14. The van der Waals surface area contributed by atoms with Crippen LogP contribution in [0.25, 0.3) is 0 Å². The predicted octanol–water partition coefficient (Wildman–Crippen LogP) is 2.86. The van der Waals surface area contributed by atoms with Crippen LogP contribution in [0.15, 0.2) is 47.8 Å². The van der Waals surface area contributed by atoms with Gasteiger partial charge >= 0.3 is 0 Å². The Morgan fingerprint density at radius 1 is 1.08 bits per heavy atom. The van der Waals surface area contributed by atoms with E-state index in [1.54, 1.807) is 0 Å². The van der Waals surface area contributed by atoms with Crippen LogP contribution in [0.1, 0.15) is 34.0 Å². The van der Waals surface area contributed by atoms with E-state index in [-0.39, 0.29) is 5.91 Å². The highest BCUT2D eigenvalue weighted by molar-refractivity contribution is 7.12. The van der Waals surface area contributed by atoms with Gasteiger partial charge in [0, 0.05) is 31.6 Å². The lowest BCUT2D eigenvalue weighted by Gasteiger charge is -2.36. The van der Waals surface area contributed by atoms with Crippen molar-refractivity contribution in [3.8, 4) is 0 Å². The average molecular weight is 341 g/mol. The average Bonchev–Trinajstić information content (AvgIpc) is 3.34. The van der Waals surface area contributed by atoms with Crippen molar-refractivity contribution in [3.63, 3.8) is 0 Å². The van der Waals surface area contributed by atoms with Gasteiger partial charge in [0.2, 0.25) is 0 Å². The van der Waals surface area contributed by atoms with Gasteiger partial charge in [-0.3, -0.25) is 15.6 Å². The van der Waals surface area contributed by atoms with Gasteiger partial charge in [-0.2, -0.15) is 0 Å². The Labute approximate surface area is 146 Å². The summed E-state index contributed by atoms with van der Waals surface area (Å²) >= 11 is 1.53. The molecular weight excluding hydrogens is 318 g/mol. The number of likely N-dealkylation sites (tertiary alicyclic amines) is 1. The predicted molar refractivity (Wildman–Crippen MR) is 97.1 cm³/mol. The molecule has 2 aromatic rings. The molecule has 2 atom stereocenters. The molecule has 1 aromatic heterocycles. The van der Waals surface area contributed by atoms with Crippen LogP contribution >= 0.6 is 11.3 Å². The van der Waals surface area contributed by atoms with Gasteiger partial charge in [0.1, 0.15) is 0 Å². The first-order valence-electron chi connectivity index (χ1n) is 8.69. The fourth-order valence-corrected chi connectivity index (χ4v) is 4.69. The third-order valence-electron chi connectivity index (χ3n) is 5.32. The van der Waals surface area contributed by atoms with Gasteiger partial charge in [-0.15, -0.1) is 11.3 Å². The van der Waals surface area contributed by atoms with E-state index < -0.39 is 0 Å². The Balaban J connectivity index is 1.39. The molecule has 5 heteroatoms. The Hall–Kier alpha value is -1.69. The molecule has 0 saturated carbocycles. The first-order valence-corrected chi connectivity index (χ1v) is 9.57. The highest BCUT2D eigenvalue weighted by Crippen LogP contribution is 2.32. The Morgan fingerprint density at radius 2 is 1.88 bits per heavy atom. The number of piperidine rings is 1. The van der Waals surface area contributed by atoms with Crippen LogP contribution in [-0.4, -0.2) is 36.5 Å². The Bertz CT molecular complexity index is 665. The molecule has 2 unspecified atom stereocenters. The number of benzene rings is 1. The zero-order chi connectivity index (χ0) is 16.4. The summed E-state index contributed by atoms with van der Waals surface area (Å²) < 4.78 is 0. The molecule has 1 amide bonds. The molecule has 1 aromatic carbocycles. The van der Waals surface area contributed by atoms with Crippen molar-refractivity contribution in [3.05, 3.63) is 58.3 Å². The molecule has 126 valence electrons. The summed E-state index contributed by atoms with van der Waals surface area (Å²) in [6, 6.07) is 15.1. The second-order valence-corrected chi connectivity index (χ2v) is 7.62. The number of hydrogen-bond acceptors (Lipinski definition) is 4. The molecule has 0 bridgehead atoms. The monoisotopic (exact) mass is 341 g/mol. The molecule has 2 N–H and O–H groups in total. The third kappa shape index (κ3) is 3.11. The van der Waals surface area contributed by atoms with E-state index in [1.807, 2.05) is 22.4 Å². The van der Waals surface area contributed by atoms with Gasteiger partial charge in [-0.05, 0) is 35.8 Å². The quantitative estimate of drug-likeness (QED) is 0.902. The first-order chi connectivity index (χ1) is 11.8. The molecule has 2 saturated heterocycles. The van der Waals surface area contributed by atoms with E-state index in [0.29, 0.717) is 17.9 Å². The van der Waals surface area contributed by atoms with Crippen LogP contribution < -0.4 is 10.9 Å². The number of hydrogen-bond donors (Lipinski definition) is 2. The van der Waals surface area contributed by atoms with Crippen molar-refractivity contribution in [1.82, 2.24) is 15.8 Å². The summed E-state index contributed by atoms with van der Waals surface area (Å²) in [4.78, 5) is 15.4. The summed E-state index contributed by atoms with van der Waals surface area (Å²) in [5.41, 5.74) is 8.24. The van der Waals surface area contributed by atoms with Crippen LogP contribution in [0.5, 0.6) is 0 Å². The number of rotatable bonds is 3. The molecule has 24 heavy (non-hydrogen) atoms.